The highest BCUT2D eigenvalue weighted by atomic mass is 16.6. The number of fused-ring (bicyclic) bond motifs is 1. The van der Waals surface area contributed by atoms with Crippen LogP contribution in [0.4, 0.5) is 10.5 Å². The van der Waals surface area contributed by atoms with Gasteiger partial charge in [0, 0.05) is 11.1 Å². The van der Waals surface area contributed by atoms with Crippen molar-refractivity contribution in [2.45, 2.75) is 6.92 Å². The SMILES string of the molecule is Cc1cc(NC(=O)OCCO)c2ccccc2n1. The number of aliphatic hydroxyl groups excluding tert-OH is 1. The van der Waals surface area contributed by atoms with Crippen LogP contribution in [0.25, 0.3) is 10.9 Å². The van der Waals surface area contributed by atoms with E-state index in [2.05, 4.69) is 10.3 Å². The molecule has 2 N–H and O–H groups in total. The van der Waals surface area contributed by atoms with Crippen molar-refractivity contribution in [2.75, 3.05) is 18.5 Å². The van der Waals surface area contributed by atoms with Gasteiger partial charge in [0.25, 0.3) is 0 Å². The summed E-state index contributed by atoms with van der Waals surface area (Å²) in [6.45, 7) is 1.65. The zero-order chi connectivity index (χ0) is 13.0. The molecule has 1 amide bonds. The highest BCUT2D eigenvalue weighted by Crippen LogP contribution is 2.22. The highest BCUT2D eigenvalue weighted by Gasteiger charge is 2.07. The van der Waals surface area contributed by atoms with Crippen LogP contribution in [0.15, 0.2) is 30.3 Å². The summed E-state index contributed by atoms with van der Waals surface area (Å²) in [5.41, 5.74) is 2.28. The van der Waals surface area contributed by atoms with Crippen molar-refractivity contribution in [1.29, 1.82) is 0 Å². The minimum absolute atomic E-state index is 0.0200. The molecular weight excluding hydrogens is 232 g/mol. The number of nitrogens with zero attached hydrogens (tertiary/aromatic N) is 1. The minimum Gasteiger partial charge on any atom is -0.447 e. The number of rotatable bonds is 3. The van der Waals surface area contributed by atoms with Crippen molar-refractivity contribution in [3.63, 3.8) is 0 Å². The lowest BCUT2D eigenvalue weighted by Gasteiger charge is -2.09. The number of amides is 1. The van der Waals surface area contributed by atoms with Gasteiger partial charge in [-0.1, -0.05) is 18.2 Å². The topological polar surface area (TPSA) is 71.5 Å². The van der Waals surface area contributed by atoms with Crippen LogP contribution in [0.5, 0.6) is 0 Å². The summed E-state index contributed by atoms with van der Waals surface area (Å²) in [4.78, 5) is 15.8. The van der Waals surface area contributed by atoms with Gasteiger partial charge < -0.3 is 9.84 Å². The van der Waals surface area contributed by atoms with E-state index in [0.717, 1.165) is 16.6 Å². The molecule has 5 heteroatoms. The molecule has 0 spiro atoms. The molecule has 5 nitrogen and oxygen atoms in total. The fourth-order valence-electron chi connectivity index (χ4n) is 1.70. The van der Waals surface area contributed by atoms with Gasteiger partial charge in [-0.05, 0) is 19.1 Å². The van der Waals surface area contributed by atoms with Gasteiger partial charge in [-0.2, -0.15) is 0 Å². The number of benzene rings is 1. The summed E-state index contributed by atoms with van der Waals surface area (Å²) in [6.07, 6.45) is -0.584. The number of hydrogen-bond acceptors (Lipinski definition) is 4. The number of pyridine rings is 1. The Hall–Kier alpha value is -2.14. The Morgan fingerprint density at radius 1 is 1.44 bits per heavy atom. The van der Waals surface area contributed by atoms with Crippen LogP contribution in [0.2, 0.25) is 0 Å². The Morgan fingerprint density at radius 2 is 2.22 bits per heavy atom. The van der Waals surface area contributed by atoms with E-state index in [4.69, 9.17) is 9.84 Å². The second-order valence-electron chi connectivity index (χ2n) is 3.81. The van der Waals surface area contributed by atoms with E-state index >= 15 is 0 Å². The molecule has 1 aromatic carbocycles. The molecule has 0 fully saturated rings. The molecule has 1 heterocycles. The number of carbonyl (C=O) groups excluding carboxylic acids is 1. The van der Waals surface area contributed by atoms with Gasteiger partial charge in [-0.15, -0.1) is 0 Å². The first-order chi connectivity index (χ1) is 8.70. The lowest BCUT2D eigenvalue weighted by atomic mass is 10.1. The summed E-state index contributed by atoms with van der Waals surface area (Å²) >= 11 is 0. The summed E-state index contributed by atoms with van der Waals surface area (Å²) < 4.78 is 4.76. The van der Waals surface area contributed by atoms with Crippen molar-refractivity contribution >= 4 is 22.7 Å². The van der Waals surface area contributed by atoms with Gasteiger partial charge >= 0.3 is 6.09 Å². The molecule has 0 aliphatic rings. The second kappa shape index (κ2) is 5.46. The standard InChI is InChI=1S/C13H14N2O3/c1-9-8-12(15-13(17)18-7-6-16)10-4-2-3-5-11(10)14-9/h2-5,8,16H,6-7H2,1H3,(H,14,15,17). The van der Waals surface area contributed by atoms with Gasteiger partial charge in [-0.25, -0.2) is 4.79 Å². The van der Waals surface area contributed by atoms with Crippen molar-refractivity contribution in [2.24, 2.45) is 0 Å². The monoisotopic (exact) mass is 246 g/mol. The molecule has 0 bridgehead atoms. The number of nitrogens with one attached hydrogen (secondary N) is 1. The maximum atomic E-state index is 11.5. The van der Waals surface area contributed by atoms with E-state index in [0.29, 0.717) is 5.69 Å². The number of carbonyl (C=O) groups is 1. The van der Waals surface area contributed by atoms with Crippen LogP contribution in [-0.4, -0.2) is 29.4 Å². The van der Waals surface area contributed by atoms with Gasteiger partial charge in [0.15, 0.2) is 0 Å². The molecule has 0 aliphatic heterocycles. The fraction of sp³-hybridized carbons (Fsp3) is 0.231. The minimum atomic E-state index is -0.584. The maximum absolute atomic E-state index is 11.5. The van der Waals surface area contributed by atoms with Gasteiger partial charge in [-0.3, -0.25) is 10.3 Å². The van der Waals surface area contributed by atoms with Gasteiger partial charge in [0.1, 0.15) is 6.61 Å². The van der Waals surface area contributed by atoms with E-state index < -0.39 is 6.09 Å². The van der Waals surface area contributed by atoms with Crippen LogP contribution in [0.1, 0.15) is 5.69 Å². The number of hydrogen-bond donors (Lipinski definition) is 2. The molecule has 0 unspecified atom stereocenters. The van der Waals surface area contributed by atoms with Crippen molar-refractivity contribution in [3.05, 3.63) is 36.0 Å². The third kappa shape index (κ3) is 2.75. The lowest BCUT2D eigenvalue weighted by molar-refractivity contribution is 0.131. The van der Waals surface area contributed by atoms with E-state index in [1.54, 1.807) is 6.07 Å². The summed E-state index contributed by atoms with van der Waals surface area (Å²) in [5, 5.41) is 12.1. The Kier molecular flexibility index (Phi) is 3.74. The molecular formula is C13H14N2O3. The van der Waals surface area contributed by atoms with Crippen LogP contribution in [-0.2, 0) is 4.74 Å². The van der Waals surface area contributed by atoms with Crippen molar-refractivity contribution < 1.29 is 14.6 Å². The number of para-hydroxylation sites is 1. The summed E-state index contributed by atoms with van der Waals surface area (Å²) in [7, 11) is 0. The van der Waals surface area contributed by atoms with Gasteiger partial charge in [0.2, 0.25) is 0 Å². The Balaban J connectivity index is 2.29. The molecule has 1 aromatic heterocycles. The number of aryl methyl sites for hydroxylation is 1. The summed E-state index contributed by atoms with van der Waals surface area (Å²) in [5.74, 6) is 0. The molecule has 94 valence electrons. The first kappa shape index (κ1) is 12.3. The molecule has 0 aliphatic carbocycles. The Labute approximate surface area is 104 Å². The predicted octanol–water partition coefficient (Wildman–Crippen LogP) is 2.08. The van der Waals surface area contributed by atoms with Crippen LogP contribution in [0.3, 0.4) is 0 Å². The Bertz CT molecular complexity index is 569. The number of anilines is 1. The third-order valence-electron chi connectivity index (χ3n) is 2.41. The van der Waals surface area contributed by atoms with Crippen LogP contribution < -0.4 is 5.32 Å². The first-order valence-corrected chi connectivity index (χ1v) is 5.62. The van der Waals surface area contributed by atoms with E-state index in [1.807, 2.05) is 31.2 Å². The largest absolute Gasteiger partial charge is 0.447 e. The molecule has 0 atom stereocenters. The van der Waals surface area contributed by atoms with Crippen LogP contribution in [0, 0.1) is 6.92 Å². The van der Waals surface area contributed by atoms with Crippen LogP contribution >= 0.6 is 0 Å². The molecule has 2 rings (SSSR count). The zero-order valence-electron chi connectivity index (χ0n) is 10.0. The molecule has 0 saturated carbocycles. The van der Waals surface area contributed by atoms with Crippen molar-refractivity contribution in [1.82, 2.24) is 4.98 Å². The normalized spacial score (nSPS) is 10.3. The average Bonchev–Trinajstić information content (AvgIpc) is 2.36. The number of ether oxygens (including phenoxy) is 1. The fourth-order valence-corrected chi connectivity index (χ4v) is 1.70. The quantitative estimate of drug-likeness (QED) is 0.869. The number of aliphatic hydroxyl groups is 1. The summed E-state index contributed by atoms with van der Waals surface area (Å²) in [6, 6.07) is 9.31. The molecule has 2 aromatic rings. The highest BCUT2D eigenvalue weighted by molar-refractivity contribution is 5.98. The van der Waals surface area contributed by atoms with Crippen molar-refractivity contribution in [3.8, 4) is 0 Å². The Morgan fingerprint density at radius 3 is 3.00 bits per heavy atom. The number of aromatic nitrogens is 1. The molecule has 0 saturated heterocycles. The van der Waals surface area contributed by atoms with Gasteiger partial charge in [0.05, 0.1) is 17.8 Å². The van der Waals surface area contributed by atoms with E-state index in [9.17, 15) is 4.79 Å². The second-order valence-corrected chi connectivity index (χ2v) is 3.81. The lowest BCUT2D eigenvalue weighted by Crippen LogP contribution is -2.16. The first-order valence-electron chi connectivity index (χ1n) is 5.62. The van der Waals surface area contributed by atoms with E-state index in [1.165, 1.54) is 0 Å². The van der Waals surface area contributed by atoms with E-state index in [-0.39, 0.29) is 13.2 Å². The maximum Gasteiger partial charge on any atom is 0.411 e. The molecule has 0 radical (unpaired) electrons. The smallest absolute Gasteiger partial charge is 0.411 e. The predicted molar refractivity (Wildman–Crippen MR) is 68.5 cm³/mol. The third-order valence-corrected chi connectivity index (χ3v) is 2.41. The molecule has 18 heavy (non-hydrogen) atoms. The average molecular weight is 246 g/mol. The zero-order valence-corrected chi connectivity index (χ0v) is 10.0.